The summed E-state index contributed by atoms with van der Waals surface area (Å²) in [6.45, 7) is 4.33. The molecule has 30 heavy (non-hydrogen) atoms. The number of aromatic nitrogens is 3. The highest BCUT2D eigenvalue weighted by molar-refractivity contribution is 7.99. The van der Waals surface area contributed by atoms with Gasteiger partial charge in [0.05, 0.1) is 18.8 Å². The second kappa shape index (κ2) is 9.93. The number of ether oxygens (including phenoxy) is 1. The van der Waals surface area contributed by atoms with Crippen LogP contribution in [0.3, 0.4) is 0 Å². The normalized spacial score (nSPS) is 10.6. The number of thioether (sulfide) groups is 1. The third-order valence-electron chi connectivity index (χ3n) is 4.37. The van der Waals surface area contributed by atoms with E-state index in [0.29, 0.717) is 16.6 Å². The zero-order valence-corrected chi connectivity index (χ0v) is 17.6. The van der Waals surface area contributed by atoms with Gasteiger partial charge in [0.1, 0.15) is 12.1 Å². The third kappa shape index (κ3) is 5.84. The van der Waals surface area contributed by atoms with Crippen LogP contribution >= 0.6 is 11.8 Å². The van der Waals surface area contributed by atoms with E-state index in [1.165, 1.54) is 22.9 Å². The van der Waals surface area contributed by atoms with Crippen LogP contribution in [0.15, 0.2) is 53.9 Å². The molecule has 3 N–H and O–H groups in total. The molecule has 0 aliphatic carbocycles. The van der Waals surface area contributed by atoms with E-state index in [0.717, 1.165) is 5.69 Å². The number of primary amides is 1. The second-order valence-corrected chi connectivity index (χ2v) is 7.62. The number of benzene rings is 2. The summed E-state index contributed by atoms with van der Waals surface area (Å²) in [5.74, 6) is 0.229. The van der Waals surface area contributed by atoms with Gasteiger partial charge < -0.3 is 15.8 Å². The molecular formula is C21H23N5O3S. The lowest BCUT2D eigenvalue weighted by atomic mass is 10.1. The molecule has 0 spiro atoms. The Bertz CT molecular complexity index is 1030. The summed E-state index contributed by atoms with van der Waals surface area (Å²) in [5, 5.41) is 11.6. The molecule has 1 aromatic heterocycles. The van der Waals surface area contributed by atoms with E-state index in [1.807, 2.05) is 16.7 Å². The molecular weight excluding hydrogens is 402 g/mol. The molecule has 8 nitrogen and oxygen atoms in total. The van der Waals surface area contributed by atoms with Gasteiger partial charge in [0, 0.05) is 11.4 Å². The van der Waals surface area contributed by atoms with Crippen molar-refractivity contribution in [2.75, 3.05) is 17.7 Å². The first-order valence-corrected chi connectivity index (χ1v) is 10.3. The van der Waals surface area contributed by atoms with E-state index >= 15 is 0 Å². The van der Waals surface area contributed by atoms with Crippen molar-refractivity contribution >= 4 is 29.3 Å². The molecule has 0 bridgehead atoms. The topological polar surface area (TPSA) is 112 Å². The number of nitrogens with zero attached hydrogens (tertiary/aromatic N) is 3. The van der Waals surface area contributed by atoms with Crippen LogP contribution < -0.4 is 15.8 Å². The van der Waals surface area contributed by atoms with Gasteiger partial charge in [-0.15, -0.1) is 10.2 Å². The predicted molar refractivity (Wildman–Crippen MR) is 116 cm³/mol. The predicted octanol–water partition coefficient (Wildman–Crippen LogP) is 2.87. The van der Waals surface area contributed by atoms with Crippen LogP contribution in [0.4, 0.5) is 5.69 Å². The quantitative estimate of drug-likeness (QED) is 0.510. The van der Waals surface area contributed by atoms with Gasteiger partial charge in [-0.25, -0.2) is 0 Å². The minimum absolute atomic E-state index is 0.155. The fraction of sp³-hybridized carbons (Fsp3) is 0.238. The molecule has 2 amide bonds. The highest BCUT2D eigenvalue weighted by atomic mass is 32.2. The van der Waals surface area contributed by atoms with E-state index in [-0.39, 0.29) is 24.7 Å². The summed E-state index contributed by atoms with van der Waals surface area (Å²) >= 11 is 1.31. The Morgan fingerprint density at radius 3 is 2.60 bits per heavy atom. The first-order valence-electron chi connectivity index (χ1n) is 9.34. The molecule has 3 rings (SSSR count). The van der Waals surface area contributed by atoms with Crippen molar-refractivity contribution < 1.29 is 14.3 Å². The number of anilines is 1. The second-order valence-electron chi connectivity index (χ2n) is 6.68. The Morgan fingerprint density at radius 1 is 1.13 bits per heavy atom. The SMILES string of the molecule is Cc1ccc(-n2cnnc2SCC(=O)Nc2ccc(OCCC(N)=O)cc2)cc1C. The van der Waals surface area contributed by atoms with Gasteiger partial charge in [0.15, 0.2) is 5.16 Å². The Labute approximate surface area is 178 Å². The van der Waals surface area contributed by atoms with Gasteiger partial charge in [-0.3, -0.25) is 14.2 Å². The molecule has 0 saturated carbocycles. The van der Waals surface area contributed by atoms with Crippen LogP contribution in [0.2, 0.25) is 0 Å². The number of hydrogen-bond donors (Lipinski definition) is 2. The Kier molecular flexibility index (Phi) is 7.08. The Morgan fingerprint density at radius 2 is 1.90 bits per heavy atom. The molecule has 2 aromatic carbocycles. The highest BCUT2D eigenvalue weighted by Gasteiger charge is 2.11. The van der Waals surface area contributed by atoms with Crippen LogP contribution in [-0.4, -0.2) is 38.9 Å². The zero-order valence-electron chi connectivity index (χ0n) is 16.8. The molecule has 1 heterocycles. The van der Waals surface area contributed by atoms with Crippen LogP contribution in [0.5, 0.6) is 5.75 Å². The van der Waals surface area contributed by atoms with Gasteiger partial charge in [0.25, 0.3) is 0 Å². The van der Waals surface area contributed by atoms with Crippen LogP contribution in [-0.2, 0) is 9.59 Å². The summed E-state index contributed by atoms with van der Waals surface area (Å²) in [6, 6.07) is 13.0. The van der Waals surface area contributed by atoms with Crippen LogP contribution in [0.25, 0.3) is 5.69 Å². The highest BCUT2D eigenvalue weighted by Crippen LogP contribution is 2.22. The zero-order chi connectivity index (χ0) is 21.5. The number of aryl methyl sites for hydroxylation is 2. The van der Waals surface area contributed by atoms with Gasteiger partial charge in [-0.1, -0.05) is 17.8 Å². The summed E-state index contributed by atoms with van der Waals surface area (Å²) in [7, 11) is 0. The summed E-state index contributed by atoms with van der Waals surface area (Å²) in [4.78, 5) is 23.0. The van der Waals surface area contributed by atoms with Gasteiger partial charge in [-0.2, -0.15) is 0 Å². The molecule has 0 saturated heterocycles. The maximum absolute atomic E-state index is 12.3. The minimum atomic E-state index is -0.412. The Balaban J connectivity index is 1.53. The fourth-order valence-electron chi connectivity index (χ4n) is 2.61. The average molecular weight is 426 g/mol. The lowest BCUT2D eigenvalue weighted by molar-refractivity contribution is -0.118. The standard InChI is InChI=1S/C21H23N5O3S/c1-14-3-6-17(11-15(14)2)26-13-23-25-21(26)30-12-20(28)24-16-4-7-18(8-5-16)29-10-9-19(22)27/h3-8,11,13H,9-10,12H2,1-2H3,(H2,22,27)(H,24,28). The molecule has 156 valence electrons. The number of nitrogens with two attached hydrogens (primary N) is 1. The number of carbonyl (C=O) groups is 2. The van der Waals surface area contributed by atoms with Crippen molar-refractivity contribution in [2.24, 2.45) is 5.73 Å². The molecule has 0 aliphatic heterocycles. The number of nitrogens with one attached hydrogen (secondary N) is 1. The van der Waals surface area contributed by atoms with Gasteiger partial charge in [0.2, 0.25) is 11.8 Å². The summed E-state index contributed by atoms with van der Waals surface area (Å²) in [5.41, 5.74) is 9.07. The first-order chi connectivity index (χ1) is 14.4. The summed E-state index contributed by atoms with van der Waals surface area (Å²) in [6.07, 6.45) is 1.80. The summed E-state index contributed by atoms with van der Waals surface area (Å²) < 4.78 is 7.27. The van der Waals surface area contributed by atoms with Crippen LogP contribution in [0, 0.1) is 13.8 Å². The first kappa shape index (κ1) is 21.4. The lowest BCUT2D eigenvalue weighted by Crippen LogP contribution is -2.15. The number of carbonyl (C=O) groups excluding carboxylic acids is 2. The molecule has 0 aliphatic rings. The van der Waals surface area contributed by atoms with E-state index in [1.54, 1.807) is 30.6 Å². The minimum Gasteiger partial charge on any atom is -0.493 e. The van der Waals surface area contributed by atoms with Crippen molar-refractivity contribution in [1.29, 1.82) is 0 Å². The third-order valence-corrected chi connectivity index (χ3v) is 5.32. The van der Waals surface area contributed by atoms with Crippen molar-refractivity contribution in [3.8, 4) is 11.4 Å². The average Bonchev–Trinajstić information content (AvgIpc) is 3.18. The van der Waals surface area contributed by atoms with Gasteiger partial charge in [-0.05, 0) is 61.4 Å². The number of hydrogen-bond acceptors (Lipinski definition) is 6. The molecule has 3 aromatic rings. The molecule has 0 radical (unpaired) electrons. The molecule has 9 heteroatoms. The molecule has 0 atom stereocenters. The van der Waals surface area contributed by atoms with Crippen LogP contribution in [0.1, 0.15) is 17.5 Å². The van der Waals surface area contributed by atoms with E-state index in [9.17, 15) is 9.59 Å². The van der Waals surface area contributed by atoms with Crippen molar-refractivity contribution in [3.05, 3.63) is 59.9 Å². The number of amides is 2. The largest absolute Gasteiger partial charge is 0.493 e. The van der Waals surface area contributed by atoms with Gasteiger partial charge >= 0.3 is 0 Å². The van der Waals surface area contributed by atoms with E-state index < -0.39 is 5.91 Å². The van der Waals surface area contributed by atoms with E-state index in [4.69, 9.17) is 10.5 Å². The fourth-order valence-corrected chi connectivity index (χ4v) is 3.34. The Hall–Kier alpha value is -3.33. The van der Waals surface area contributed by atoms with Crippen molar-refractivity contribution in [1.82, 2.24) is 14.8 Å². The molecule has 0 unspecified atom stereocenters. The maximum atomic E-state index is 12.3. The number of rotatable bonds is 9. The van der Waals surface area contributed by atoms with E-state index in [2.05, 4.69) is 35.4 Å². The smallest absolute Gasteiger partial charge is 0.234 e. The molecule has 0 fully saturated rings. The maximum Gasteiger partial charge on any atom is 0.234 e. The monoisotopic (exact) mass is 425 g/mol. The van der Waals surface area contributed by atoms with Crippen molar-refractivity contribution in [2.45, 2.75) is 25.4 Å². The lowest BCUT2D eigenvalue weighted by Gasteiger charge is -2.09. The van der Waals surface area contributed by atoms with Crippen molar-refractivity contribution in [3.63, 3.8) is 0 Å².